The first-order valence-corrected chi connectivity index (χ1v) is 6.50. The Hall–Kier alpha value is -1.92. The number of fused-ring (bicyclic) bond motifs is 1. The van der Waals surface area contributed by atoms with Gasteiger partial charge in [-0.2, -0.15) is 0 Å². The molecule has 1 aliphatic heterocycles. The first-order valence-electron chi connectivity index (χ1n) is 6.50. The fourth-order valence-corrected chi connectivity index (χ4v) is 2.28. The van der Waals surface area contributed by atoms with E-state index >= 15 is 0 Å². The lowest BCUT2D eigenvalue weighted by atomic mass is 9.95. The summed E-state index contributed by atoms with van der Waals surface area (Å²) in [7, 11) is 0. The highest BCUT2D eigenvalue weighted by molar-refractivity contribution is 5.87. The number of carboxylic acids is 1. The SMILES string of the molecule is C[C@@H](O)[C@H](NC(=O)C1Cc2ccccc2CN1)C(=O)O. The second kappa shape index (κ2) is 6.02. The third-order valence-corrected chi connectivity index (χ3v) is 3.44. The van der Waals surface area contributed by atoms with Gasteiger partial charge in [-0.05, 0) is 24.5 Å². The molecule has 0 spiro atoms. The molecule has 4 N–H and O–H groups in total. The van der Waals surface area contributed by atoms with E-state index in [1.165, 1.54) is 6.92 Å². The lowest BCUT2D eigenvalue weighted by Crippen LogP contribution is -2.55. The quantitative estimate of drug-likeness (QED) is 0.603. The maximum Gasteiger partial charge on any atom is 0.328 e. The number of carbonyl (C=O) groups excluding carboxylic acids is 1. The van der Waals surface area contributed by atoms with Gasteiger partial charge in [-0.25, -0.2) is 4.79 Å². The standard InChI is InChI=1S/C14H18N2O4/c1-8(17)12(14(19)20)16-13(18)11-6-9-4-2-3-5-10(9)7-15-11/h2-5,8,11-12,15,17H,6-7H2,1H3,(H,16,18)(H,19,20)/t8-,11?,12+/m1/s1. The van der Waals surface area contributed by atoms with Gasteiger partial charge < -0.3 is 20.8 Å². The molecule has 0 aliphatic carbocycles. The molecule has 0 saturated heterocycles. The van der Waals surface area contributed by atoms with E-state index in [2.05, 4.69) is 10.6 Å². The van der Waals surface area contributed by atoms with Gasteiger partial charge in [0.1, 0.15) is 0 Å². The van der Waals surface area contributed by atoms with E-state index in [0.717, 1.165) is 11.1 Å². The van der Waals surface area contributed by atoms with Crippen LogP contribution < -0.4 is 10.6 Å². The first-order chi connectivity index (χ1) is 9.49. The molecule has 0 saturated carbocycles. The lowest BCUT2D eigenvalue weighted by Gasteiger charge is -2.27. The molecule has 1 aromatic rings. The van der Waals surface area contributed by atoms with E-state index in [4.69, 9.17) is 5.11 Å². The lowest BCUT2D eigenvalue weighted by molar-refractivity contribution is -0.145. The molecular weight excluding hydrogens is 260 g/mol. The van der Waals surface area contributed by atoms with Crippen LogP contribution in [0, 0.1) is 0 Å². The number of hydrogen-bond donors (Lipinski definition) is 4. The van der Waals surface area contributed by atoms with E-state index in [0.29, 0.717) is 13.0 Å². The molecule has 0 bridgehead atoms. The van der Waals surface area contributed by atoms with Crippen molar-refractivity contribution in [2.24, 2.45) is 0 Å². The summed E-state index contributed by atoms with van der Waals surface area (Å²) in [4.78, 5) is 23.0. The third-order valence-electron chi connectivity index (χ3n) is 3.44. The molecule has 0 radical (unpaired) electrons. The number of aliphatic carboxylic acids is 1. The Morgan fingerprint density at radius 2 is 2.00 bits per heavy atom. The predicted octanol–water partition coefficient (Wildman–Crippen LogP) is -0.349. The number of aliphatic hydroxyl groups excluding tert-OH is 1. The van der Waals surface area contributed by atoms with Crippen LogP contribution in [0.25, 0.3) is 0 Å². The van der Waals surface area contributed by atoms with E-state index in [-0.39, 0.29) is 0 Å². The fourth-order valence-electron chi connectivity index (χ4n) is 2.28. The number of nitrogens with one attached hydrogen (secondary N) is 2. The van der Waals surface area contributed by atoms with Crippen molar-refractivity contribution in [3.8, 4) is 0 Å². The fraction of sp³-hybridized carbons (Fsp3) is 0.429. The zero-order valence-electron chi connectivity index (χ0n) is 11.2. The van der Waals surface area contributed by atoms with Gasteiger partial charge >= 0.3 is 5.97 Å². The van der Waals surface area contributed by atoms with Crippen molar-refractivity contribution < 1.29 is 19.8 Å². The number of carboxylic acid groups (broad SMARTS) is 1. The van der Waals surface area contributed by atoms with E-state index in [1.54, 1.807) is 0 Å². The second-order valence-corrected chi connectivity index (χ2v) is 4.97. The molecule has 3 atom stereocenters. The molecule has 2 rings (SSSR count). The topological polar surface area (TPSA) is 98.7 Å². The van der Waals surface area contributed by atoms with Gasteiger partial charge in [-0.15, -0.1) is 0 Å². The van der Waals surface area contributed by atoms with Gasteiger partial charge in [-0.3, -0.25) is 4.79 Å². The van der Waals surface area contributed by atoms with Crippen molar-refractivity contribution in [1.29, 1.82) is 0 Å². The van der Waals surface area contributed by atoms with Gasteiger partial charge in [0.2, 0.25) is 5.91 Å². The maximum absolute atomic E-state index is 12.1. The summed E-state index contributed by atoms with van der Waals surface area (Å²) in [5, 5.41) is 23.8. The second-order valence-electron chi connectivity index (χ2n) is 4.97. The number of amides is 1. The Morgan fingerprint density at radius 1 is 1.35 bits per heavy atom. The third kappa shape index (κ3) is 3.15. The average molecular weight is 278 g/mol. The summed E-state index contributed by atoms with van der Waals surface area (Å²) in [5.74, 6) is -1.66. The monoisotopic (exact) mass is 278 g/mol. The molecule has 108 valence electrons. The first kappa shape index (κ1) is 14.5. The van der Waals surface area contributed by atoms with Crippen LogP contribution in [-0.4, -0.2) is 40.3 Å². The van der Waals surface area contributed by atoms with Gasteiger partial charge in [0.25, 0.3) is 0 Å². The van der Waals surface area contributed by atoms with Gasteiger partial charge in [0, 0.05) is 6.54 Å². The van der Waals surface area contributed by atoms with Crippen molar-refractivity contribution in [1.82, 2.24) is 10.6 Å². The van der Waals surface area contributed by atoms with Gasteiger partial charge in [0.15, 0.2) is 6.04 Å². The minimum atomic E-state index is -1.29. The van der Waals surface area contributed by atoms with Crippen LogP contribution in [0.15, 0.2) is 24.3 Å². The van der Waals surface area contributed by atoms with Crippen LogP contribution in [0.2, 0.25) is 0 Å². The van der Waals surface area contributed by atoms with Crippen molar-refractivity contribution in [3.05, 3.63) is 35.4 Å². The maximum atomic E-state index is 12.1. The normalized spacial score (nSPS) is 20.6. The van der Waals surface area contributed by atoms with Crippen LogP contribution in [0.1, 0.15) is 18.1 Å². The summed E-state index contributed by atoms with van der Waals surface area (Å²) < 4.78 is 0. The molecule has 20 heavy (non-hydrogen) atoms. The van der Waals surface area contributed by atoms with E-state index < -0.39 is 30.1 Å². The summed E-state index contributed by atoms with van der Waals surface area (Å²) >= 11 is 0. The highest BCUT2D eigenvalue weighted by Crippen LogP contribution is 2.16. The van der Waals surface area contributed by atoms with Crippen LogP contribution in [-0.2, 0) is 22.6 Å². The smallest absolute Gasteiger partial charge is 0.328 e. The number of benzene rings is 1. The van der Waals surface area contributed by atoms with Crippen molar-refractivity contribution in [2.75, 3.05) is 0 Å². The summed E-state index contributed by atoms with van der Waals surface area (Å²) in [6, 6.07) is 6.03. The Labute approximate surface area is 116 Å². The van der Waals surface area contributed by atoms with E-state index in [1.807, 2.05) is 24.3 Å². The number of hydrogen-bond acceptors (Lipinski definition) is 4. The molecular formula is C14H18N2O4. The Kier molecular flexibility index (Phi) is 4.36. The van der Waals surface area contributed by atoms with Gasteiger partial charge in [0.05, 0.1) is 12.1 Å². The molecule has 1 aliphatic rings. The molecule has 1 amide bonds. The zero-order chi connectivity index (χ0) is 14.7. The minimum absolute atomic E-state index is 0.409. The minimum Gasteiger partial charge on any atom is -0.480 e. The average Bonchev–Trinajstić information content (AvgIpc) is 2.43. The van der Waals surface area contributed by atoms with Crippen LogP contribution in [0.5, 0.6) is 0 Å². The highest BCUT2D eigenvalue weighted by atomic mass is 16.4. The summed E-state index contributed by atoms with van der Waals surface area (Å²) in [6.07, 6.45) is -0.638. The van der Waals surface area contributed by atoms with Crippen LogP contribution in [0.4, 0.5) is 0 Å². The zero-order valence-corrected chi connectivity index (χ0v) is 11.2. The molecule has 1 heterocycles. The van der Waals surface area contributed by atoms with Crippen molar-refractivity contribution in [2.45, 2.75) is 38.1 Å². The highest BCUT2D eigenvalue weighted by Gasteiger charge is 2.30. The van der Waals surface area contributed by atoms with E-state index in [9.17, 15) is 14.7 Å². The largest absolute Gasteiger partial charge is 0.480 e. The number of carbonyl (C=O) groups is 2. The summed E-state index contributed by atoms with van der Waals surface area (Å²) in [6.45, 7) is 1.91. The predicted molar refractivity (Wildman–Crippen MR) is 72.0 cm³/mol. The molecule has 0 fully saturated rings. The molecule has 1 aromatic carbocycles. The number of rotatable bonds is 4. The van der Waals surface area contributed by atoms with Gasteiger partial charge in [-0.1, -0.05) is 24.3 Å². The molecule has 0 aromatic heterocycles. The molecule has 6 heteroatoms. The van der Waals surface area contributed by atoms with Crippen LogP contribution >= 0.6 is 0 Å². The van der Waals surface area contributed by atoms with Crippen molar-refractivity contribution in [3.63, 3.8) is 0 Å². The molecule has 1 unspecified atom stereocenters. The Balaban J connectivity index is 2.03. The Morgan fingerprint density at radius 3 is 2.60 bits per heavy atom. The molecule has 6 nitrogen and oxygen atoms in total. The van der Waals surface area contributed by atoms with Crippen molar-refractivity contribution >= 4 is 11.9 Å². The van der Waals surface area contributed by atoms with Crippen LogP contribution in [0.3, 0.4) is 0 Å². The summed E-state index contributed by atoms with van der Waals surface area (Å²) in [5.41, 5.74) is 2.22. The number of aliphatic hydroxyl groups is 1. The Bertz CT molecular complexity index is 516.